The van der Waals surface area contributed by atoms with Gasteiger partial charge < -0.3 is 0 Å². The molecule has 5 aliphatic carbocycles. The van der Waals surface area contributed by atoms with Crippen LogP contribution in [0.4, 0.5) is 0 Å². The van der Waals surface area contributed by atoms with Gasteiger partial charge in [-0.15, -0.1) is 23.2 Å². The van der Waals surface area contributed by atoms with Crippen molar-refractivity contribution in [3.8, 4) is 0 Å². The molecule has 2 aromatic rings. The summed E-state index contributed by atoms with van der Waals surface area (Å²) in [6.07, 6.45) is 1.15. The molecule has 23 heavy (non-hydrogen) atoms. The Balaban J connectivity index is 1.77. The summed E-state index contributed by atoms with van der Waals surface area (Å²) >= 11 is 27.5. The maximum absolute atomic E-state index is 7.12. The number of halogens is 4. The Labute approximate surface area is 152 Å². The number of rotatable bonds is 0. The van der Waals surface area contributed by atoms with E-state index < -0.39 is 9.75 Å². The number of aromatic nitrogens is 2. The second-order valence-electron chi connectivity index (χ2n) is 7.08. The number of hydrogen-bond donors (Lipinski definition) is 0. The van der Waals surface area contributed by atoms with Gasteiger partial charge in [0, 0.05) is 0 Å². The Morgan fingerprint density at radius 2 is 1.26 bits per heavy atom. The van der Waals surface area contributed by atoms with Gasteiger partial charge in [-0.05, 0) is 42.2 Å². The predicted octanol–water partition coefficient (Wildman–Crippen LogP) is 5.10. The van der Waals surface area contributed by atoms with E-state index in [1.807, 2.05) is 24.3 Å². The van der Waals surface area contributed by atoms with Crippen LogP contribution in [0.1, 0.15) is 17.8 Å². The molecule has 7 rings (SSSR count). The molecule has 2 nitrogen and oxygen atoms in total. The van der Waals surface area contributed by atoms with E-state index in [4.69, 9.17) is 56.4 Å². The second kappa shape index (κ2) is 3.83. The van der Waals surface area contributed by atoms with Crippen LogP contribution in [0, 0.1) is 23.7 Å². The maximum Gasteiger partial charge on any atom is 0.128 e. The van der Waals surface area contributed by atoms with Crippen LogP contribution in [-0.4, -0.2) is 9.97 Å². The van der Waals surface area contributed by atoms with Crippen molar-refractivity contribution in [1.82, 2.24) is 9.97 Å². The second-order valence-corrected chi connectivity index (χ2v) is 9.02. The highest BCUT2D eigenvalue weighted by atomic mass is 35.5. The molecule has 0 spiro atoms. The molecule has 0 saturated heterocycles. The molecule has 2 saturated carbocycles. The highest BCUT2D eigenvalue weighted by Crippen LogP contribution is 2.82. The zero-order valence-electron chi connectivity index (χ0n) is 11.7. The quantitative estimate of drug-likeness (QED) is 0.591. The fraction of sp³-hybridized carbons (Fsp3) is 0.412. The van der Waals surface area contributed by atoms with Crippen LogP contribution in [0.15, 0.2) is 34.3 Å². The zero-order valence-corrected chi connectivity index (χ0v) is 14.8. The van der Waals surface area contributed by atoms with E-state index in [1.54, 1.807) is 0 Å². The van der Waals surface area contributed by atoms with Gasteiger partial charge in [0.15, 0.2) is 0 Å². The molecule has 0 radical (unpaired) electrons. The van der Waals surface area contributed by atoms with Crippen molar-refractivity contribution in [2.45, 2.75) is 16.2 Å². The van der Waals surface area contributed by atoms with E-state index in [2.05, 4.69) is 0 Å². The largest absolute Gasteiger partial charge is 0.247 e. The molecule has 2 fully saturated rings. The van der Waals surface area contributed by atoms with E-state index >= 15 is 0 Å². The Bertz CT molecular complexity index is 882. The molecule has 1 heterocycles. The first-order chi connectivity index (χ1) is 11.0. The molecule has 116 valence electrons. The first kappa shape index (κ1) is 13.7. The molecule has 0 aliphatic heterocycles. The molecule has 6 heteroatoms. The minimum Gasteiger partial charge on any atom is -0.247 e. The SMILES string of the molecule is ClC1=C(Cl)C2(Cl)c3nc4ccccc4nc3C1(Cl)C1C3CC3C12. The summed E-state index contributed by atoms with van der Waals surface area (Å²) in [4.78, 5) is 7.89. The Morgan fingerprint density at radius 1 is 0.826 bits per heavy atom. The van der Waals surface area contributed by atoms with Crippen LogP contribution in [0.3, 0.4) is 0 Å². The van der Waals surface area contributed by atoms with Crippen molar-refractivity contribution in [1.29, 1.82) is 0 Å². The summed E-state index contributed by atoms with van der Waals surface area (Å²) in [7, 11) is 0. The summed E-state index contributed by atoms with van der Waals surface area (Å²) in [5, 5.41) is 0.888. The fourth-order valence-electron chi connectivity index (χ4n) is 5.18. The van der Waals surface area contributed by atoms with E-state index in [1.165, 1.54) is 0 Å². The van der Waals surface area contributed by atoms with E-state index in [9.17, 15) is 0 Å². The average Bonchev–Trinajstić information content (AvgIpc) is 3.22. The van der Waals surface area contributed by atoms with Crippen molar-refractivity contribution in [3.63, 3.8) is 0 Å². The van der Waals surface area contributed by atoms with Gasteiger partial charge >= 0.3 is 0 Å². The molecule has 6 unspecified atom stereocenters. The van der Waals surface area contributed by atoms with Crippen LogP contribution >= 0.6 is 46.4 Å². The third-order valence-corrected chi connectivity index (χ3v) is 8.71. The molecule has 6 atom stereocenters. The normalized spacial score (nSPS) is 45.4. The molecule has 0 N–H and O–H groups in total. The first-order valence-electron chi connectivity index (χ1n) is 7.70. The zero-order chi connectivity index (χ0) is 15.7. The van der Waals surface area contributed by atoms with Crippen LogP contribution in [-0.2, 0) is 9.75 Å². The van der Waals surface area contributed by atoms with Gasteiger partial charge in [0.1, 0.15) is 9.75 Å². The lowest BCUT2D eigenvalue weighted by atomic mass is 9.52. The van der Waals surface area contributed by atoms with Crippen LogP contribution < -0.4 is 0 Å². The van der Waals surface area contributed by atoms with Crippen molar-refractivity contribution in [2.24, 2.45) is 23.7 Å². The standard InChI is InChI=1S/C17H10Cl4N2/c18-12-13(19)17(21)11-7-5-6(7)10(11)16(12,20)14-15(17)23-9-4-2-1-3-8(9)22-14/h1-4,6-7,10-11H,5H2. The lowest BCUT2D eigenvalue weighted by molar-refractivity contribution is 0.0549. The monoisotopic (exact) mass is 382 g/mol. The van der Waals surface area contributed by atoms with Gasteiger partial charge in [-0.25, -0.2) is 9.97 Å². The van der Waals surface area contributed by atoms with Crippen molar-refractivity contribution < 1.29 is 0 Å². The molecule has 2 bridgehead atoms. The van der Waals surface area contributed by atoms with Crippen molar-refractivity contribution in [3.05, 3.63) is 45.7 Å². The van der Waals surface area contributed by atoms with Gasteiger partial charge in [-0.2, -0.15) is 0 Å². The number of hydrogen-bond acceptors (Lipinski definition) is 2. The van der Waals surface area contributed by atoms with Crippen LogP contribution in [0.5, 0.6) is 0 Å². The minimum atomic E-state index is -0.871. The lowest BCUT2D eigenvalue weighted by Crippen LogP contribution is -2.61. The summed E-state index contributed by atoms with van der Waals surface area (Å²) < 4.78 is 0. The molecular weight excluding hydrogens is 374 g/mol. The number of para-hydroxylation sites is 2. The summed E-state index contributed by atoms with van der Waals surface area (Å²) in [6, 6.07) is 7.75. The van der Waals surface area contributed by atoms with E-state index in [0.717, 1.165) is 17.5 Å². The van der Waals surface area contributed by atoms with Gasteiger partial charge in [0.2, 0.25) is 0 Å². The van der Waals surface area contributed by atoms with Gasteiger partial charge in [0.25, 0.3) is 0 Å². The average molecular weight is 384 g/mol. The summed E-state index contributed by atoms with van der Waals surface area (Å²) in [6.45, 7) is 0. The van der Waals surface area contributed by atoms with Gasteiger partial charge in [-0.3, -0.25) is 0 Å². The number of nitrogens with zero attached hydrogens (tertiary/aromatic N) is 2. The molecule has 1 aromatic heterocycles. The molecule has 1 aromatic carbocycles. The lowest BCUT2D eigenvalue weighted by Gasteiger charge is -2.60. The van der Waals surface area contributed by atoms with E-state index in [0.29, 0.717) is 33.3 Å². The number of alkyl halides is 2. The number of benzene rings is 1. The Hall–Kier alpha value is -0.540. The summed E-state index contributed by atoms with van der Waals surface area (Å²) in [5.41, 5.74) is 3.02. The van der Waals surface area contributed by atoms with Gasteiger partial charge in [-0.1, -0.05) is 35.3 Å². The summed E-state index contributed by atoms with van der Waals surface area (Å²) in [5.74, 6) is 1.61. The fourth-order valence-corrected chi connectivity index (χ4v) is 7.05. The van der Waals surface area contributed by atoms with Crippen molar-refractivity contribution in [2.75, 3.05) is 0 Å². The van der Waals surface area contributed by atoms with Gasteiger partial charge in [0.05, 0.1) is 32.5 Å². The molecule has 0 amide bonds. The Morgan fingerprint density at radius 3 is 1.70 bits per heavy atom. The molecular formula is C17H10Cl4N2. The molecule has 5 aliphatic rings. The third-order valence-electron chi connectivity index (χ3n) is 6.21. The maximum atomic E-state index is 7.12. The third kappa shape index (κ3) is 1.26. The Kier molecular flexibility index (Phi) is 2.28. The van der Waals surface area contributed by atoms with Crippen LogP contribution in [0.2, 0.25) is 0 Å². The number of allylic oxidation sites excluding steroid dienone is 2. The highest BCUT2D eigenvalue weighted by Gasteiger charge is 2.80. The smallest absolute Gasteiger partial charge is 0.128 e. The topological polar surface area (TPSA) is 25.8 Å². The number of fused-ring (bicyclic) bond motifs is 2. The highest BCUT2D eigenvalue weighted by molar-refractivity contribution is 6.49. The first-order valence-corrected chi connectivity index (χ1v) is 9.22. The van der Waals surface area contributed by atoms with E-state index in [-0.39, 0.29) is 11.8 Å². The van der Waals surface area contributed by atoms with Crippen molar-refractivity contribution >= 4 is 57.4 Å². The minimum absolute atomic E-state index is 0.213. The van der Waals surface area contributed by atoms with Crippen LogP contribution in [0.25, 0.3) is 11.0 Å². The predicted molar refractivity (Wildman–Crippen MR) is 91.9 cm³/mol.